The number of nitrogens with zero attached hydrogens (tertiary/aromatic N) is 1. The molecule has 3 rings (SSSR count). The van der Waals surface area contributed by atoms with Gasteiger partial charge in [-0.3, -0.25) is 9.78 Å². The van der Waals surface area contributed by atoms with E-state index < -0.39 is 17.9 Å². The Labute approximate surface area is 178 Å². The number of aryl methyl sites for hydroxylation is 1. The predicted molar refractivity (Wildman–Crippen MR) is 115 cm³/mol. The second-order valence-electron chi connectivity index (χ2n) is 7.07. The van der Waals surface area contributed by atoms with Gasteiger partial charge in [0.15, 0.2) is 0 Å². The lowest BCUT2D eigenvalue weighted by Gasteiger charge is -2.19. The van der Waals surface area contributed by atoms with Crippen LogP contribution in [0.4, 0.5) is 5.69 Å². The topological polar surface area (TPSA) is 155 Å². The van der Waals surface area contributed by atoms with Crippen molar-refractivity contribution >= 4 is 28.5 Å². The number of aromatic nitrogens is 1. The van der Waals surface area contributed by atoms with Gasteiger partial charge in [0.25, 0.3) is 5.91 Å². The fraction of sp³-hybridized carbons (Fsp3) is 0.227. The number of hydrogen-bond donors (Lipinski definition) is 5. The molecule has 31 heavy (non-hydrogen) atoms. The molecule has 0 fully saturated rings. The Balaban J connectivity index is 1.82. The zero-order chi connectivity index (χ0) is 22.7. The number of carbonyl (C=O) groups is 2. The summed E-state index contributed by atoms with van der Waals surface area (Å²) in [5, 5.41) is 31.8. The van der Waals surface area contributed by atoms with Crippen LogP contribution in [0.2, 0.25) is 0 Å². The van der Waals surface area contributed by atoms with Gasteiger partial charge in [0.2, 0.25) is 0 Å². The second kappa shape index (κ2) is 8.78. The number of aromatic carboxylic acids is 1. The number of pyridine rings is 1. The molecule has 0 saturated carbocycles. The van der Waals surface area contributed by atoms with E-state index in [1.54, 1.807) is 25.1 Å². The Kier molecular flexibility index (Phi) is 6.15. The summed E-state index contributed by atoms with van der Waals surface area (Å²) >= 11 is 0. The maximum Gasteiger partial charge on any atom is 0.339 e. The molecule has 162 valence electrons. The fourth-order valence-electron chi connectivity index (χ4n) is 3.28. The first-order valence-corrected chi connectivity index (χ1v) is 9.60. The molecule has 1 heterocycles. The number of phenols is 2. The normalized spacial score (nSPS) is 11.8. The number of carbonyl (C=O) groups excluding carboxylic acids is 1. The number of rotatable bonds is 7. The largest absolute Gasteiger partial charge is 0.508 e. The number of nitrogens with one attached hydrogen (secondary N) is 1. The van der Waals surface area contributed by atoms with E-state index in [2.05, 4.69) is 10.3 Å². The highest BCUT2D eigenvalue weighted by atomic mass is 16.5. The summed E-state index contributed by atoms with van der Waals surface area (Å²) < 4.78 is 5.89. The van der Waals surface area contributed by atoms with Crippen molar-refractivity contribution < 1.29 is 29.6 Å². The number of fused-ring (bicyclic) bond motifs is 1. The van der Waals surface area contributed by atoms with Crippen LogP contribution in [-0.2, 0) is 0 Å². The molecule has 1 atom stereocenters. The van der Waals surface area contributed by atoms with Crippen LogP contribution in [0.5, 0.6) is 17.2 Å². The van der Waals surface area contributed by atoms with Crippen LogP contribution in [0.25, 0.3) is 10.9 Å². The molecule has 1 aromatic heterocycles. The van der Waals surface area contributed by atoms with Crippen LogP contribution in [-0.4, -0.2) is 44.8 Å². The zero-order valence-corrected chi connectivity index (χ0v) is 17.0. The van der Waals surface area contributed by atoms with Gasteiger partial charge in [-0.1, -0.05) is 13.0 Å². The number of carboxylic acids is 1. The van der Waals surface area contributed by atoms with Crippen molar-refractivity contribution in [1.29, 1.82) is 0 Å². The number of carboxylic acid groups (broad SMARTS) is 1. The number of aromatic hydroxyl groups is 2. The van der Waals surface area contributed by atoms with Crippen molar-refractivity contribution in [3.63, 3.8) is 0 Å². The fourth-order valence-corrected chi connectivity index (χ4v) is 3.28. The van der Waals surface area contributed by atoms with Crippen LogP contribution in [0.3, 0.4) is 0 Å². The van der Waals surface area contributed by atoms with Crippen molar-refractivity contribution in [3.8, 4) is 17.2 Å². The lowest BCUT2D eigenvalue weighted by atomic mass is 10.1. The van der Waals surface area contributed by atoms with Gasteiger partial charge in [0.05, 0.1) is 28.3 Å². The Morgan fingerprint density at radius 3 is 2.48 bits per heavy atom. The van der Waals surface area contributed by atoms with Crippen LogP contribution in [0.15, 0.2) is 36.4 Å². The monoisotopic (exact) mass is 425 g/mol. The highest BCUT2D eigenvalue weighted by molar-refractivity contribution is 6.06. The van der Waals surface area contributed by atoms with E-state index in [1.807, 2.05) is 6.92 Å². The SMILES string of the molecule is CCC(COc1cccc2nc(C)c(C(=O)O)c(N)c12)NC(=O)c1cc(O)cc(O)c1. The molecule has 0 radical (unpaired) electrons. The van der Waals surface area contributed by atoms with Gasteiger partial charge < -0.3 is 31.1 Å². The lowest BCUT2D eigenvalue weighted by Crippen LogP contribution is -2.38. The smallest absolute Gasteiger partial charge is 0.339 e. The van der Waals surface area contributed by atoms with Crippen LogP contribution in [0.1, 0.15) is 39.8 Å². The number of nitrogens with two attached hydrogens (primary N) is 1. The molecular formula is C22H23N3O6. The van der Waals surface area contributed by atoms with Crippen LogP contribution < -0.4 is 15.8 Å². The number of benzene rings is 2. The molecule has 0 saturated heterocycles. The summed E-state index contributed by atoms with van der Waals surface area (Å²) in [4.78, 5) is 28.4. The molecule has 9 heteroatoms. The maximum absolute atomic E-state index is 12.5. The first-order chi connectivity index (χ1) is 14.7. The molecule has 1 unspecified atom stereocenters. The minimum atomic E-state index is -1.17. The first kappa shape index (κ1) is 21.7. The summed E-state index contributed by atoms with van der Waals surface area (Å²) in [5.41, 5.74) is 7.04. The van der Waals surface area contributed by atoms with Gasteiger partial charge in [-0.25, -0.2) is 4.79 Å². The molecule has 0 bridgehead atoms. The van der Waals surface area contributed by atoms with Crippen molar-refractivity contribution in [2.75, 3.05) is 12.3 Å². The van der Waals surface area contributed by atoms with E-state index in [1.165, 1.54) is 12.1 Å². The average Bonchev–Trinajstić information content (AvgIpc) is 2.69. The lowest BCUT2D eigenvalue weighted by molar-refractivity contribution is 0.0696. The Bertz CT molecular complexity index is 1140. The Morgan fingerprint density at radius 1 is 1.19 bits per heavy atom. The average molecular weight is 425 g/mol. The predicted octanol–water partition coefficient (Wildman–Crippen LogP) is 2.82. The molecule has 6 N–H and O–H groups in total. The number of anilines is 1. The molecule has 1 amide bonds. The summed E-state index contributed by atoms with van der Waals surface area (Å²) in [6.45, 7) is 3.52. The highest BCUT2D eigenvalue weighted by Gasteiger charge is 2.20. The van der Waals surface area contributed by atoms with Gasteiger partial charge >= 0.3 is 5.97 Å². The van der Waals surface area contributed by atoms with Crippen LogP contribution in [0, 0.1) is 6.92 Å². The number of amides is 1. The number of hydrogen-bond acceptors (Lipinski definition) is 7. The summed E-state index contributed by atoms with van der Waals surface area (Å²) in [6.07, 6.45) is 0.536. The standard InChI is InChI=1S/C22H23N3O6/c1-3-13(25-21(28)12-7-14(26)9-15(27)8-12)10-31-17-6-4-5-16-19(17)20(23)18(22(29)30)11(2)24-16/h4-9,13,26-27H,3,10H2,1-2H3,(H2,23,24)(H,25,28)(H,29,30). The zero-order valence-electron chi connectivity index (χ0n) is 17.0. The number of ether oxygens (including phenoxy) is 1. The summed E-state index contributed by atoms with van der Waals surface area (Å²) in [6, 6.07) is 8.31. The first-order valence-electron chi connectivity index (χ1n) is 9.60. The summed E-state index contributed by atoms with van der Waals surface area (Å²) in [7, 11) is 0. The molecular weight excluding hydrogens is 402 g/mol. The maximum atomic E-state index is 12.5. The van der Waals surface area contributed by atoms with E-state index >= 15 is 0 Å². The molecule has 0 aliphatic carbocycles. The van der Waals surface area contributed by atoms with Crippen LogP contribution >= 0.6 is 0 Å². The third kappa shape index (κ3) is 4.61. The quantitative estimate of drug-likeness (QED) is 0.387. The number of nitrogen functional groups attached to an aromatic ring is 1. The van der Waals surface area contributed by atoms with E-state index in [4.69, 9.17) is 10.5 Å². The van der Waals surface area contributed by atoms with Crippen molar-refractivity contribution in [2.24, 2.45) is 0 Å². The van der Waals surface area contributed by atoms with Gasteiger partial charge in [-0.05, 0) is 37.6 Å². The molecule has 2 aromatic carbocycles. The van der Waals surface area contributed by atoms with E-state index in [0.717, 1.165) is 6.07 Å². The highest BCUT2D eigenvalue weighted by Crippen LogP contribution is 2.33. The van der Waals surface area contributed by atoms with E-state index in [-0.39, 0.29) is 34.9 Å². The van der Waals surface area contributed by atoms with Gasteiger partial charge in [0.1, 0.15) is 29.4 Å². The summed E-state index contributed by atoms with van der Waals surface area (Å²) in [5.74, 6) is -1.75. The van der Waals surface area contributed by atoms with Crippen molar-refractivity contribution in [3.05, 3.63) is 53.2 Å². The minimum absolute atomic E-state index is 0.0675. The number of phenolic OH excluding ortho intramolecular Hbond substituents is 2. The van der Waals surface area contributed by atoms with Crippen molar-refractivity contribution in [2.45, 2.75) is 26.3 Å². The third-order valence-electron chi connectivity index (χ3n) is 4.84. The molecule has 9 nitrogen and oxygen atoms in total. The second-order valence-corrected chi connectivity index (χ2v) is 7.07. The van der Waals surface area contributed by atoms with Crippen molar-refractivity contribution in [1.82, 2.24) is 10.3 Å². The Hall–Kier alpha value is -4.01. The molecule has 0 aliphatic rings. The molecule has 0 spiro atoms. The molecule has 0 aliphatic heterocycles. The third-order valence-corrected chi connectivity index (χ3v) is 4.84. The van der Waals surface area contributed by atoms with Gasteiger partial charge in [-0.15, -0.1) is 0 Å². The van der Waals surface area contributed by atoms with Gasteiger partial charge in [0, 0.05) is 11.6 Å². The molecule has 3 aromatic rings. The van der Waals surface area contributed by atoms with Gasteiger partial charge in [-0.2, -0.15) is 0 Å². The Morgan fingerprint density at radius 2 is 1.87 bits per heavy atom. The van der Waals surface area contributed by atoms with E-state index in [9.17, 15) is 24.9 Å². The minimum Gasteiger partial charge on any atom is -0.508 e. The van der Waals surface area contributed by atoms with E-state index in [0.29, 0.717) is 28.8 Å².